The smallest absolute Gasteiger partial charge is 0.335 e. The van der Waals surface area contributed by atoms with E-state index in [4.69, 9.17) is 5.11 Å². The van der Waals surface area contributed by atoms with E-state index in [2.05, 4.69) is 30.6 Å². The Labute approximate surface area is 202 Å². The van der Waals surface area contributed by atoms with Gasteiger partial charge >= 0.3 is 5.97 Å². The molecular formula is C26H19BrN4O3. The molecular weight excluding hydrogens is 496 g/mol. The maximum Gasteiger partial charge on any atom is 0.335 e. The summed E-state index contributed by atoms with van der Waals surface area (Å²) in [5.74, 6) is -0.448. The third kappa shape index (κ3) is 4.04. The summed E-state index contributed by atoms with van der Waals surface area (Å²) in [7, 11) is 0. The summed E-state index contributed by atoms with van der Waals surface area (Å²) in [5, 5.41) is 15.1. The third-order valence-corrected chi connectivity index (χ3v) is 6.15. The lowest BCUT2D eigenvalue weighted by molar-refractivity contribution is 0.0697. The summed E-state index contributed by atoms with van der Waals surface area (Å²) in [4.78, 5) is 28.7. The van der Waals surface area contributed by atoms with Crippen LogP contribution in [0.1, 0.15) is 27.3 Å². The first kappa shape index (κ1) is 21.8. The highest BCUT2D eigenvalue weighted by Gasteiger charge is 2.10. The van der Waals surface area contributed by atoms with E-state index >= 15 is 0 Å². The number of hydrogen-bond acceptors (Lipinski definition) is 4. The predicted molar refractivity (Wildman–Crippen MR) is 136 cm³/mol. The number of aromatic nitrogens is 3. The molecule has 0 spiro atoms. The van der Waals surface area contributed by atoms with E-state index in [1.807, 2.05) is 48.7 Å². The van der Waals surface area contributed by atoms with Crippen molar-refractivity contribution in [1.29, 1.82) is 0 Å². The van der Waals surface area contributed by atoms with Crippen LogP contribution >= 0.6 is 15.9 Å². The minimum absolute atomic E-state index is 0.234. The first-order valence-electron chi connectivity index (χ1n) is 10.5. The summed E-state index contributed by atoms with van der Waals surface area (Å²) < 4.78 is 4.20. The number of hydrogen-bond donors (Lipinski definition) is 1. The molecule has 0 aliphatic rings. The number of nitrogens with zero attached hydrogens (tertiary/aromatic N) is 4. The van der Waals surface area contributed by atoms with Crippen LogP contribution in [0.5, 0.6) is 0 Å². The molecule has 2 aromatic heterocycles. The average molecular weight is 515 g/mol. The van der Waals surface area contributed by atoms with E-state index in [-0.39, 0.29) is 11.1 Å². The Morgan fingerprint density at radius 3 is 2.62 bits per heavy atom. The molecule has 168 valence electrons. The van der Waals surface area contributed by atoms with Gasteiger partial charge in [0.2, 0.25) is 0 Å². The molecule has 8 heteroatoms. The third-order valence-electron chi connectivity index (χ3n) is 5.66. The van der Waals surface area contributed by atoms with Crippen LogP contribution < -0.4 is 5.56 Å². The van der Waals surface area contributed by atoms with E-state index in [1.54, 1.807) is 37.4 Å². The van der Waals surface area contributed by atoms with Crippen molar-refractivity contribution in [2.45, 2.75) is 13.5 Å². The lowest BCUT2D eigenvalue weighted by atomic mass is 10.1. The SMILES string of the molecule is Cc1nc2ccc(Br)cc2c(=O)n1N=Cc1cn(Cc2ccc(C(=O)O)cc2)c2ccccc12. The van der Waals surface area contributed by atoms with Gasteiger partial charge in [-0.15, -0.1) is 0 Å². The quantitative estimate of drug-likeness (QED) is 0.332. The zero-order chi connectivity index (χ0) is 23.8. The summed E-state index contributed by atoms with van der Waals surface area (Å²) in [5.41, 5.74) is 3.50. The topological polar surface area (TPSA) is 89.5 Å². The normalized spacial score (nSPS) is 11.6. The van der Waals surface area contributed by atoms with Gasteiger partial charge in [-0.1, -0.05) is 46.3 Å². The standard InChI is InChI=1S/C26H19BrN4O3/c1-16-29-23-11-10-20(27)12-22(23)25(32)31(16)28-13-19-15-30(24-5-3-2-4-21(19)24)14-17-6-8-18(9-7-17)26(33)34/h2-13,15H,14H2,1H3,(H,33,34). The number of carboxylic acid groups (broad SMARTS) is 1. The van der Waals surface area contributed by atoms with Crippen molar-refractivity contribution >= 4 is 49.9 Å². The van der Waals surface area contributed by atoms with Gasteiger partial charge in [-0.05, 0) is 48.9 Å². The number of carboxylic acids is 1. The summed E-state index contributed by atoms with van der Waals surface area (Å²) in [6.45, 7) is 2.32. The summed E-state index contributed by atoms with van der Waals surface area (Å²) in [6, 6.07) is 20.2. The molecule has 0 radical (unpaired) electrons. The molecule has 0 amide bonds. The Morgan fingerprint density at radius 2 is 1.85 bits per heavy atom. The number of fused-ring (bicyclic) bond motifs is 2. The molecule has 0 unspecified atom stereocenters. The van der Waals surface area contributed by atoms with Gasteiger partial charge in [0.1, 0.15) is 5.82 Å². The Bertz CT molecular complexity index is 1650. The zero-order valence-electron chi connectivity index (χ0n) is 18.1. The van der Waals surface area contributed by atoms with Crippen molar-refractivity contribution in [2.75, 3.05) is 0 Å². The molecule has 0 atom stereocenters. The van der Waals surface area contributed by atoms with Crippen LogP contribution in [0.4, 0.5) is 0 Å². The largest absolute Gasteiger partial charge is 0.478 e. The molecule has 0 saturated heterocycles. The van der Waals surface area contributed by atoms with E-state index < -0.39 is 5.97 Å². The van der Waals surface area contributed by atoms with Gasteiger partial charge in [0.15, 0.2) is 0 Å². The Morgan fingerprint density at radius 1 is 1.09 bits per heavy atom. The molecule has 0 bridgehead atoms. The van der Waals surface area contributed by atoms with Gasteiger partial charge in [-0.2, -0.15) is 9.78 Å². The maximum atomic E-state index is 13.0. The average Bonchev–Trinajstić information content (AvgIpc) is 3.17. The van der Waals surface area contributed by atoms with Crippen LogP contribution in [0, 0.1) is 6.92 Å². The van der Waals surface area contributed by atoms with Crippen molar-refractivity contribution in [3.8, 4) is 0 Å². The fourth-order valence-corrected chi connectivity index (χ4v) is 4.34. The lowest BCUT2D eigenvalue weighted by Gasteiger charge is -2.06. The molecule has 34 heavy (non-hydrogen) atoms. The molecule has 2 heterocycles. The van der Waals surface area contributed by atoms with Gasteiger partial charge in [-0.25, -0.2) is 9.78 Å². The van der Waals surface area contributed by atoms with Crippen LogP contribution in [-0.2, 0) is 6.54 Å². The summed E-state index contributed by atoms with van der Waals surface area (Å²) >= 11 is 3.41. The van der Waals surface area contributed by atoms with Crippen molar-refractivity contribution in [1.82, 2.24) is 14.2 Å². The molecule has 3 aromatic carbocycles. The van der Waals surface area contributed by atoms with Gasteiger partial charge in [0.05, 0.1) is 22.7 Å². The van der Waals surface area contributed by atoms with Crippen LogP contribution in [0.2, 0.25) is 0 Å². The molecule has 1 N–H and O–H groups in total. The zero-order valence-corrected chi connectivity index (χ0v) is 19.7. The minimum Gasteiger partial charge on any atom is -0.478 e. The van der Waals surface area contributed by atoms with E-state index in [0.717, 1.165) is 26.5 Å². The number of aryl methyl sites for hydroxylation is 1. The first-order chi connectivity index (χ1) is 16.4. The van der Waals surface area contributed by atoms with Crippen LogP contribution in [-0.4, -0.2) is 31.5 Å². The van der Waals surface area contributed by atoms with Crippen molar-refractivity contribution in [3.05, 3.63) is 110 Å². The lowest BCUT2D eigenvalue weighted by Crippen LogP contribution is -2.20. The first-order valence-corrected chi connectivity index (χ1v) is 11.3. The highest BCUT2D eigenvalue weighted by molar-refractivity contribution is 9.10. The fourth-order valence-electron chi connectivity index (χ4n) is 3.97. The van der Waals surface area contributed by atoms with Crippen molar-refractivity contribution < 1.29 is 9.90 Å². The Hall–Kier alpha value is -4.04. The van der Waals surface area contributed by atoms with Gasteiger partial charge in [0.25, 0.3) is 5.56 Å². The van der Waals surface area contributed by atoms with Crippen LogP contribution in [0.15, 0.2) is 87.3 Å². The fraction of sp³-hybridized carbons (Fsp3) is 0.0769. The predicted octanol–water partition coefficient (Wildman–Crippen LogP) is 5.05. The molecule has 7 nitrogen and oxygen atoms in total. The van der Waals surface area contributed by atoms with E-state index in [9.17, 15) is 9.59 Å². The highest BCUT2D eigenvalue weighted by atomic mass is 79.9. The number of aromatic carboxylic acids is 1. The molecule has 5 rings (SSSR count). The highest BCUT2D eigenvalue weighted by Crippen LogP contribution is 2.22. The Kier molecular flexibility index (Phi) is 5.59. The second-order valence-corrected chi connectivity index (χ2v) is 8.83. The van der Waals surface area contributed by atoms with E-state index in [0.29, 0.717) is 23.3 Å². The number of carbonyl (C=O) groups is 1. The monoisotopic (exact) mass is 514 g/mol. The Balaban J connectivity index is 1.54. The molecule has 0 saturated carbocycles. The van der Waals surface area contributed by atoms with Crippen LogP contribution in [0.25, 0.3) is 21.8 Å². The molecule has 5 aromatic rings. The minimum atomic E-state index is -0.947. The van der Waals surface area contributed by atoms with Gasteiger partial charge in [-0.3, -0.25) is 4.79 Å². The summed E-state index contributed by atoms with van der Waals surface area (Å²) in [6.07, 6.45) is 3.65. The van der Waals surface area contributed by atoms with E-state index in [1.165, 1.54) is 4.68 Å². The molecule has 0 fully saturated rings. The van der Waals surface area contributed by atoms with Gasteiger partial charge < -0.3 is 9.67 Å². The van der Waals surface area contributed by atoms with Crippen LogP contribution in [0.3, 0.4) is 0 Å². The van der Waals surface area contributed by atoms with Crippen molar-refractivity contribution in [2.24, 2.45) is 5.10 Å². The second-order valence-electron chi connectivity index (χ2n) is 7.91. The van der Waals surface area contributed by atoms with Gasteiger partial charge in [0, 0.05) is 33.7 Å². The molecule has 0 aliphatic heterocycles. The molecule has 0 aliphatic carbocycles. The number of rotatable bonds is 5. The maximum absolute atomic E-state index is 13.0. The second kappa shape index (κ2) is 8.72. The number of halogens is 1. The number of para-hydroxylation sites is 1. The van der Waals surface area contributed by atoms with Crippen molar-refractivity contribution in [3.63, 3.8) is 0 Å². The number of benzene rings is 3.